The van der Waals surface area contributed by atoms with E-state index in [1.165, 1.54) is 0 Å². The van der Waals surface area contributed by atoms with Crippen molar-refractivity contribution in [2.24, 2.45) is 0 Å². The second-order valence-electron chi connectivity index (χ2n) is 2.56. The number of nitrogens with zero attached hydrogens (tertiary/aromatic N) is 1. The summed E-state index contributed by atoms with van der Waals surface area (Å²) in [5.74, 6) is 0.593. The zero-order valence-corrected chi connectivity index (χ0v) is 7.84. The standard InChI is InChI=1S/C7H16ClNO2/c1-9(4-3-8)5-7(10)6-11-2/h7,10H,3-6H2,1-2H3. The lowest BCUT2D eigenvalue weighted by Crippen LogP contribution is -2.33. The van der Waals surface area contributed by atoms with Gasteiger partial charge in [0.2, 0.25) is 0 Å². The zero-order valence-electron chi connectivity index (χ0n) is 7.09. The molecule has 0 radical (unpaired) electrons. The molecule has 4 heteroatoms. The maximum Gasteiger partial charge on any atom is 0.0899 e. The van der Waals surface area contributed by atoms with E-state index in [-0.39, 0.29) is 0 Å². The second-order valence-corrected chi connectivity index (χ2v) is 2.94. The van der Waals surface area contributed by atoms with E-state index < -0.39 is 6.10 Å². The molecular weight excluding hydrogens is 166 g/mol. The number of halogens is 1. The topological polar surface area (TPSA) is 32.7 Å². The van der Waals surface area contributed by atoms with E-state index in [1.807, 2.05) is 11.9 Å². The molecule has 0 aliphatic carbocycles. The van der Waals surface area contributed by atoms with Gasteiger partial charge in [-0.25, -0.2) is 0 Å². The van der Waals surface area contributed by atoms with Gasteiger partial charge in [-0.3, -0.25) is 0 Å². The van der Waals surface area contributed by atoms with Crippen molar-refractivity contribution in [3.63, 3.8) is 0 Å². The summed E-state index contributed by atoms with van der Waals surface area (Å²) < 4.78 is 4.77. The molecule has 3 nitrogen and oxygen atoms in total. The molecule has 0 aromatic heterocycles. The van der Waals surface area contributed by atoms with Gasteiger partial charge in [-0.15, -0.1) is 11.6 Å². The van der Waals surface area contributed by atoms with Crippen molar-refractivity contribution >= 4 is 11.6 Å². The highest BCUT2D eigenvalue weighted by Gasteiger charge is 2.06. The SMILES string of the molecule is COCC(O)CN(C)CCCl. The number of likely N-dealkylation sites (N-methyl/N-ethyl adjacent to an activating group) is 1. The van der Waals surface area contributed by atoms with Crippen LogP contribution in [0.25, 0.3) is 0 Å². The first-order valence-electron chi connectivity index (χ1n) is 3.62. The third-order valence-corrected chi connectivity index (χ3v) is 1.52. The van der Waals surface area contributed by atoms with Gasteiger partial charge in [-0.2, -0.15) is 0 Å². The highest BCUT2D eigenvalue weighted by Crippen LogP contribution is 1.90. The fourth-order valence-corrected chi connectivity index (χ4v) is 1.13. The van der Waals surface area contributed by atoms with Crippen LogP contribution < -0.4 is 0 Å². The van der Waals surface area contributed by atoms with Gasteiger partial charge in [-0.05, 0) is 7.05 Å². The smallest absolute Gasteiger partial charge is 0.0899 e. The number of ether oxygens (including phenoxy) is 1. The molecule has 0 fully saturated rings. The van der Waals surface area contributed by atoms with Crippen molar-refractivity contribution in [2.45, 2.75) is 6.10 Å². The number of alkyl halides is 1. The molecular formula is C7H16ClNO2. The van der Waals surface area contributed by atoms with Crippen LogP contribution in [0, 0.1) is 0 Å². The molecule has 0 bridgehead atoms. The normalized spacial score (nSPS) is 13.9. The van der Waals surface area contributed by atoms with Gasteiger partial charge in [0.15, 0.2) is 0 Å². The lowest BCUT2D eigenvalue weighted by Gasteiger charge is -2.18. The van der Waals surface area contributed by atoms with Crippen LogP contribution in [-0.2, 0) is 4.74 Å². The third-order valence-electron chi connectivity index (χ3n) is 1.35. The van der Waals surface area contributed by atoms with Crippen molar-refractivity contribution in [1.82, 2.24) is 4.90 Å². The lowest BCUT2D eigenvalue weighted by molar-refractivity contribution is 0.0444. The first kappa shape index (κ1) is 11.2. The largest absolute Gasteiger partial charge is 0.389 e. The fourth-order valence-electron chi connectivity index (χ4n) is 0.840. The highest BCUT2D eigenvalue weighted by molar-refractivity contribution is 6.18. The Morgan fingerprint density at radius 3 is 2.73 bits per heavy atom. The van der Waals surface area contributed by atoms with Gasteiger partial charge in [0.25, 0.3) is 0 Å². The molecule has 0 aromatic carbocycles. The Kier molecular flexibility index (Phi) is 6.96. The van der Waals surface area contributed by atoms with Gasteiger partial charge in [0.05, 0.1) is 12.7 Å². The molecule has 0 spiro atoms. The first-order valence-corrected chi connectivity index (χ1v) is 4.15. The minimum atomic E-state index is -0.409. The number of aliphatic hydroxyl groups is 1. The van der Waals surface area contributed by atoms with Gasteiger partial charge >= 0.3 is 0 Å². The second kappa shape index (κ2) is 6.85. The Balaban J connectivity index is 3.32. The molecule has 1 atom stereocenters. The molecule has 0 aliphatic rings. The molecule has 1 unspecified atom stereocenters. The predicted molar refractivity (Wildman–Crippen MR) is 46.1 cm³/mol. The van der Waals surface area contributed by atoms with Crippen LogP contribution in [-0.4, -0.2) is 55.8 Å². The minimum Gasteiger partial charge on any atom is -0.389 e. The Labute approximate surface area is 72.9 Å². The van der Waals surface area contributed by atoms with Gasteiger partial charge < -0.3 is 14.7 Å². The fraction of sp³-hybridized carbons (Fsp3) is 1.00. The summed E-state index contributed by atoms with van der Waals surface area (Å²) in [7, 11) is 3.49. The Hall–Kier alpha value is 0.170. The third kappa shape index (κ3) is 6.56. The maximum absolute atomic E-state index is 9.24. The summed E-state index contributed by atoms with van der Waals surface area (Å²) in [5, 5.41) is 9.24. The molecule has 11 heavy (non-hydrogen) atoms. The van der Waals surface area contributed by atoms with Crippen molar-refractivity contribution in [3.8, 4) is 0 Å². The van der Waals surface area contributed by atoms with Crippen LogP contribution in [0.3, 0.4) is 0 Å². The Bertz CT molecular complexity index is 82.5. The van der Waals surface area contributed by atoms with Crippen molar-refractivity contribution in [1.29, 1.82) is 0 Å². The van der Waals surface area contributed by atoms with Gasteiger partial charge in [0.1, 0.15) is 0 Å². The lowest BCUT2D eigenvalue weighted by atomic mass is 10.3. The van der Waals surface area contributed by atoms with Crippen molar-refractivity contribution in [2.75, 3.05) is 39.7 Å². The van der Waals surface area contributed by atoms with E-state index in [0.717, 1.165) is 6.54 Å². The van der Waals surface area contributed by atoms with E-state index in [1.54, 1.807) is 7.11 Å². The molecule has 1 N–H and O–H groups in total. The van der Waals surface area contributed by atoms with E-state index >= 15 is 0 Å². The Morgan fingerprint density at radius 2 is 2.27 bits per heavy atom. The van der Waals surface area contributed by atoms with Gasteiger partial charge in [-0.1, -0.05) is 0 Å². The van der Waals surface area contributed by atoms with Crippen molar-refractivity contribution < 1.29 is 9.84 Å². The molecule has 0 aliphatic heterocycles. The average molecular weight is 182 g/mol. The van der Waals surface area contributed by atoms with E-state index in [0.29, 0.717) is 19.0 Å². The molecule has 0 saturated heterocycles. The van der Waals surface area contributed by atoms with Crippen molar-refractivity contribution in [3.05, 3.63) is 0 Å². The summed E-state index contributed by atoms with van der Waals surface area (Å²) in [4.78, 5) is 1.97. The number of hydrogen-bond acceptors (Lipinski definition) is 3. The Morgan fingerprint density at radius 1 is 1.64 bits per heavy atom. The molecule has 0 aromatic rings. The number of hydrogen-bond donors (Lipinski definition) is 1. The summed E-state index contributed by atoms with van der Waals surface area (Å²) >= 11 is 5.50. The highest BCUT2D eigenvalue weighted by atomic mass is 35.5. The van der Waals surface area contributed by atoms with E-state index in [2.05, 4.69) is 0 Å². The molecule has 0 amide bonds. The maximum atomic E-state index is 9.24. The summed E-state index contributed by atoms with van der Waals surface area (Å²) in [5.41, 5.74) is 0. The quantitative estimate of drug-likeness (QED) is 0.593. The van der Waals surface area contributed by atoms with Crippen LogP contribution in [0.1, 0.15) is 0 Å². The molecule has 0 heterocycles. The van der Waals surface area contributed by atoms with Crippen LogP contribution in [0.2, 0.25) is 0 Å². The summed E-state index contributed by atoms with van der Waals surface area (Å²) in [6.45, 7) is 1.79. The number of methoxy groups -OCH3 is 1. The average Bonchev–Trinajstić information content (AvgIpc) is 1.87. The van der Waals surface area contributed by atoms with Crippen LogP contribution in [0.5, 0.6) is 0 Å². The van der Waals surface area contributed by atoms with Crippen LogP contribution in [0.15, 0.2) is 0 Å². The summed E-state index contributed by atoms with van der Waals surface area (Å²) in [6.07, 6.45) is -0.409. The minimum absolute atomic E-state index is 0.382. The van der Waals surface area contributed by atoms with Crippen LogP contribution in [0.4, 0.5) is 0 Å². The van der Waals surface area contributed by atoms with Gasteiger partial charge in [0, 0.05) is 26.1 Å². The zero-order chi connectivity index (χ0) is 8.69. The monoisotopic (exact) mass is 181 g/mol. The van der Waals surface area contributed by atoms with E-state index in [4.69, 9.17) is 16.3 Å². The van der Waals surface area contributed by atoms with Crippen LogP contribution >= 0.6 is 11.6 Å². The van der Waals surface area contributed by atoms with E-state index in [9.17, 15) is 5.11 Å². The number of aliphatic hydroxyl groups excluding tert-OH is 1. The first-order chi connectivity index (χ1) is 5.20. The molecule has 0 rings (SSSR count). The predicted octanol–water partition coefficient (Wildman–Crippen LogP) is 0.164. The summed E-state index contributed by atoms with van der Waals surface area (Å²) in [6, 6.07) is 0. The molecule has 0 saturated carbocycles. The number of rotatable bonds is 6. The molecule has 68 valence electrons.